The lowest BCUT2D eigenvalue weighted by Gasteiger charge is -2.05. The summed E-state index contributed by atoms with van der Waals surface area (Å²) < 4.78 is 0. The molecular weight excluding hydrogens is 288 g/mol. The fourth-order valence-corrected chi connectivity index (χ4v) is 3.45. The molecule has 0 aromatic carbocycles. The predicted molar refractivity (Wildman–Crippen MR) is 84.1 cm³/mol. The van der Waals surface area contributed by atoms with E-state index in [0.29, 0.717) is 0 Å². The van der Waals surface area contributed by atoms with Crippen molar-refractivity contribution in [1.29, 1.82) is 0 Å². The Morgan fingerprint density at radius 3 is 2.55 bits per heavy atom. The van der Waals surface area contributed by atoms with E-state index in [2.05, 4.69) is 27.9 Å². The number of aliphatic hydroxyl groups excluding tert-OH is 1. The molecule has 5 heteroatoms. The normalized spacial score (nSPS) is 10.2. The molecule has 0 spiro atoms. The second-order valence-corrected chi connectivity index (χ2v) is 6.43. The van der Waals surface area contributed by atoms with Crippen molar-refractivity contribution in [3.63, 3.8) is 0 Å². The number of rotatable bonds is 3. The fourth-order valence-electron chi connectivity index (χ4n) is 1.59. The maximum atomic E-state index is 8.67. The molecule has 3 nitrogen and oxygen atoms in total. The molecule has 2 heterocycles. The van der Waals surface area contributed by atoms with Crippen molar-refractivity contribution in [2.75, 3.05) is 6.61 Å². The Hall–Kier alpha value is -1.35. The molecule has 20 heavy (non-hydrogen) atoms. The van der Waals surface area contributed by atoms with Crippen LogP contribution in [0.4, 0.5) is 0 Å². The Morgan fingerprint density at radius 1 is 1.20 bits per heavy atom. The number of aryl methyl sites for hydroxylation is 2. The van der Waals surface area contributed by atoms with E-state index in [-0.39, 0.29) is 6.61 Å². The zero-order valence-corrected chi connectivity index (χ0v) is 13.4. The lowest BCUT2D eigenvalue weighted by Crippen LogP contribution is -1.97. The van der Waals surface area contributed by atoms with E-state index in [1.165, 1.54) is 4.88 Å². The van der Waals surface area contributed by atoms with E-state index >= 15 is 0 Å². The summed E-state index contributed by atoms with van der Waals surface area (Å²) in [4.78, 5) is 11.2. The lowest BCUT2D eigenvalue weighted by atomic mass is 10.2. The SMILES string of the molecule is Cc1nc(SCc2ccc(C#CCO)s2)nc(C)c1C. The number of thioether (sulfide) groups is 1. The molecular formula is C15H16N2OS2. The van der Waals surface area contributed by atoms with Crippen molar-refractivity contribution in [2.24, 2.45) is 0 Å². The van der Waals surface area contributed by atoms with Crippen LogP contribution in [0, 0.1) is 32.6 Å². The van der Waals surface area contributed by atoms with Crippen LogP contribution in [-0.4, -0.2) is 21.7 Å². The molecule has 104 valence electrons. The first-order valence-electron chi connectivity index (χ1n) is 6.23. The largest absolute Gasteiger partial charge is 0.384 e. The van der Waals surface area contributed by atoms with E-state index in [9.17, 15) is 0 Å². The summed E-state index contributed by atoms with van der Waals surface area (Å²) in [5.41, 5.74) is 3.24. The molecule has 0 radical (unpaired) electrons. The highest BCUT2D eigenvalue weighted by Gasteiger charge is 2.06. The lowest BCUT2D eigenvalue weighted by molar-refractivity contribution is 0.350. The van der Waals surface area contributed by atoms with Gasteiger partial charge < -0.3 is 5.11 Å². The molecule has 0 aliphatic carbocycles. The van der Waals surface area contributed by atoms with Gasteiger partial charge in [-0.15, -0.1) is 11.3 Å². The van der Waals surface area contributed by atoms with Crippen molar-refractivity contribution in [3.05, 3.63) is 38.8 Å². The van der Waals surface area contributed by atoms with Crippen LogP contribution in [0.2, 0.25) is 0 Å². The van der Waals surface area contributed by atoms with Gasteiger partial charge in [0, 0.05) is 22.0 Å². The van der Waals surface area contributed by atoms with Gasteiger partial charge in [0.1, 0.15) is 6.61 Å². The van der Waals surface area contributed by atoms with E-state index in [0.717, 1.165) is 32.7 Å². The summed E-state index contributed by atoms with van der Waals surface area (Å²) in [6.07, 6.45) is 0. The number of aromatic nitrogens is 2. The Balaban J connectivity index is 2.03. The summed E-state index contributed by atoms with van der Waals surface area (Å²) in [6, 6.07) is 4.04. The Kier molecular flexibility index (Phi) is 5.18. The molecule has 2 aromatic heterocycles. The molecule has 2 rings (SSSR count). The van der Waals surface area contributed by atoms with Gasteiger partial charge in [0.05, 0.1) is 4.88 Å². The van der Waals surface area contributed by atoms with Crippen molar-refractivity contribution < 1.29 is 5.11 Å². The predicted octanol–water partition coefficient (Wildman–Crippen LogP) is 3.10. The first-order valence-corrected chi connectivity index (χ1v) is 8.03. The first-order chi connectivity index (χ1) is 9.60. The van der Waals surface area contributed by atoms with Gasteiger partial charge in [0.2, 0.25) is 0 Å². The maximum absolute atomic E-state index is 8.67. The Bertz CT molecular complexity index is 645. The number of hydrogen-bond donors (Lipinski definition) is 1. The first kappa shape index (κ1) is 15.0. The van der Waals surface area contributed by atoms with Gasteiger partial charge in [0.25, 0.3) is 0 Å². The highest BCUT2D eigenvalue weighted by molar-refractivity contribution is 7.98. The monoisotopic (exact) mass is 304 g/mol. The molecule has 1 N–H and O–H groups in total. The van der Waals surface area contributed by atoms with Crippen LogP contribution in [0.5, 0.6) is 0 Å². The fraction of sp³-hybridized carbons (Fsp3) is 0.333. The van der Waals surface area contributed by atoms with Gasteiger partial charge in [-0.2, -0.15) is 0 Å². The summed E-state index contributed by atoms with van der Waals surface area (Å²) in [6.45, 7) is 5.98. The van der Waals surface area contributed by atoms with Crippen molar-refractivity contribution >= 4 is 23.1 Å². The molecule has 0 amide bonds. The molecule has 0 saturated heterocycles. The van der Waals surface area contributed by atoms with Crippen molar-refractivity contribution in [1.82, 2.24) is 9.97 Å². The average molecular weight is 304 g/mol. The van der Waals surface area contributed by atoms with Crippen LogP contribution in [0.25, 0.3) is 0 Å². The maximum Gasteiger partial charge on any atom is 0.188 e. The second kappa shape index (κ2) is 6.89. The van der Waals surface area contributed by atoms with E-state index in [4.69, 9.17) is 5.11 Å². The van der Waals surface area contributed by atoms with Gasteiger partial charge >= 0.3 is 0 Å². The van der Waals surface area contributed by atoms with Gasteiger partial charge in [-0.1, -0.05) is 23.6 Å². The Labute approximate surface area is 127 Å². The Morgan fingerprint density at radius 2 is 1.90 bits per heavy atom. The highest BCUT2D eigenvalue weighted by atomic mass is 32.2. The molecule has 0 aliphatic rings. The van der Waals surface area contributed by atoms with Gasteiger partial charge in [-0.3, -0.25) is 0 Å². The average Bonchev–Trinajstić information content (AvgIpc) is 2.88. The van der Waals surface area contributed by atoms with Crippen LogP contribution >= 0.6 is 23.1 Å². The number of thiophene rings is 1. The summed E-state index contributed by atoms with van der Waals surface area (Å²) in [5.74, 6) is 6.41. The van der Waals surface area contributed by atoms with Gasteiger partial charge in [-0.05, 0) is 38.5 Å². The summed E-state index contributed by atoms with van der Waals surface area (Å²) >= 11 is 3.28. The summed E-state index contributed by atoms with van der Waals surface area (Å²) in [5, 5.41) is 9.49. The van der Waals surface area contributed by atoms with Crippen molar-refractivity contribution in [2.45, 2.75) is 31.7 Å². The molecule has 0 bridgehead atoms. The molecule has 0 saturated carbocycles. The zero-order valence-electron chi connectivity index (χ0n) is 11.7. The van der Waals surface area contributed by atoms with Crippen LogP contribution in [-0.2, 0) is 5.75 Å². The van der Waals surface area contributed by atoms with Crippen LogP contribution in [0.3, 0.4) is 0 Å². The molecule has 2 aromatic rings. The van der Waals surface area contributed by atoms with E-state index in [1.807, 2.05) is 26.8 Å². The third-order valence-corrected chi connectivity index (χ3v) is 4.99. The smallest absolute Gasteiger partial charge is 0.188 e. The van der Waals surface area contributed by atoms with Gasteiger partial charge in [-0.25, -0.2) is 9.97 Å². The number of nitrogens with zero attached hydrogens (tertiary/aromatic N) is 2. The minimum atomic E-state index is -0.0995. The highest BCUT2D eigenvalue weighted by Crippen LogP contribution is 2.25. The van der Waals surface area contributed by atoms with Crippen molar-refractivity contribution in [3.8, 4) is 11.8 Å². The van der Waals surface area contributed by atoms with Crippen LogP contribution in [0.1, 0.15) is 26.7 Å². The minimum absolute atomic E-state index is 0.0995. The minimum Gasteiger partial charge on any atom is -0.384 e. The third-order valence-electron chi connectivity index (χ3n) is 2.91. The van der Waals surface area contributed by atoms with E-state index in [1.54, 1.807) is 23.1 Å². The standard InChI is InChI=1S/C15H16N2OS2/c1-10-11(2)16-15(17-12(10)3)19-9-14-7-6-13(20-14)5-4-8-18/h6-7,18H,8-9H2,1-3H3. The summed E-state index contributed by atoms with van der Waals surface area (Å²) in [7, 11) is 0. The van der Waals surface area contributed by atoms with E-state index < -0.39 is 0 Å². The van der Waals surface area contributed by atoms with Crippen LogP contribution < -0.4 is 0 Å². The molecule has 0 fully saturated rings. The topological polar surface area (TPSA) is 46.0 Å². The molecule has 0 atom stereocenters. The third kappa shape index (κ3) is 3.83. The number of aliphatic hydroxyl groups is 1. The zero-order chi connectivity index (χ0) is 14.5. The second-order valence-electron chi connectivity index (χ2n) is 4.32. The quantitative estimate of drug-likeness (QED) is 0.538. The molecule has 0 aliphatic heterocycles. The molecule has 0 unspecified atom stereocenters. The van der Waals surface area contributed by atoms with Gasteiger partial charge in [0.15, 0.2) is 5.16 Å². The van der Waals surface area contributed by atoms with Crippen LogP contribution in [0.15, 0.2) is 17.3 Å². The number of hydrogen-bond acceptors (Lipinski definition) is 5.